The molecule has 2 amide bonds. The zero-order chi connectivity index (χ0) is 27.0. The minimum Gasteiger partial charge on any atom is -0.465 e. The number of anilines is 1. The Morgan fingerprint density at radius 3 is 2.61 bits per heavy atom. The largest absolute Gasteiger partial charge is 0.465 e. The van der Waals surface area contributed by atoms with Gasteiger partial charge in [-0.15, -0.1) is 0 Å². The topological polar surface area (TPSA) is 146 Å². The van der Waals surface area contributed by atoms with Gasteiger partial charge in [-0.05, 0) is 49.2 Å². The second-order valence-corrected chi connectivity index (χ2v) is 8.72. The number of carboxylic acid groups (broad SMARTS) is 1. The normalized spacial score (nSPS) is 16.0. The molecular weight excluding hydrogens is 507 g/mol. The van der Waals surface area contributed by atoms with Crippen LogP contribution in [0.2, 0.25) is 0 Å². The molecular formula is C24H20F3N7O4. The Morgan fingerprint density at radius 2 is 1.89 bits per heavy atom. The molecule has 1 atom stereocenters. The number of fused-ring (bicyclic) bond motifs is 1. The zero-order valence-electron chi connectivity index (χ0n) is 19.6. The van der Waals surface area contributed by atoms with Crippen LogP contribution in [0, 0.1) is 0 Å². The Morgan fingerprint density at radius 1 is 1.13 bits per heavy atom. The summed E-state index contributed by atoms with van der Waals surface area (Å²) in [5.41, 5.74) is 0.193. The number of aromatic nitrogens is 5. The van der Waals surface area contributed by atoms with Crippen LogP contribution in [0.4, 0.5) is 23.8 Å². The molecule has 0 saturated carbocycles. The average molecular weight is 527 g/mol. The van der Waals surface area contributed by atoms with Gasteiger partial charge in [0.2, 0.25) is 0 Å². The molecule has 5 rings (SSSR count). The lowest BCUT2D eigenvalue weighted by molar-refractivity contribution is -0.137. The van der Waals surface area contributed by atoms with Gasteiger partial charge in [-0.2, -0.15) is 18.3 Å². The van der Waals surface area contributed by atoms with E-state index in [1.807, 2.05) is 0 Å². The number of likely N-dealkylation sites (tertiary alicyclic amines) is 1. The van der Waals surface area contributed by atoms with E-state index in [0.29, 0.717) is 36.3 Å². The minimum absolute atomic E-state index is 0.140. The van der Waals surface area contributed by atoms with Gasteiger partial charge < -0.3 is 20.3 Å². The zero-order valence-corrected chi connectivity index (χ0v) is 19.6. The first-order valence-electron chi connectivity index (χ1n) is 11.5. The van der Waals surface area contributed by atoms with Gasteiger partial charge in [0.1, 0.15) is 11.3 Å². The smallest absolute Gasteiger partial charge is 0.416 e. The van der Waals surface area contributed by atoms with Gasteiger partial charge in [0.05, 0.1) is 23.3 Å². The van der Waals surface area contributed by atoms with Crippen molar-refractivity contribution in [2.75, 3.05) is 18.4 Å². The molecule has 4 heterocycles. The van der Waals surface area contributed by atoms with Crippen LogP contribution in [-0.2, 0) is 6.18 Å². The standard InChI is InChI=1S/C24H20F3N7O4/c25-24(26,27)15-7-8-28-17(10-15)31-21(35)13-3-5-16(6-4-13)34-20-19(29-12-30-22(20)36)18(32-34)14-2-1-9-33(11-14)23(37)38/h3-8,10,12,14H,1-2,9,11H2,(H,37,38)(H,28,31,35)(H,29,30,36). The van der Waals surface area contributed by atoms with E-state index in [9.17, 15) is 32.7 Å². The van der Waals surface area contributed by atoms with Gasteiger partial charge in [0.25, 0.3) is 11.5 Å². The summed E-state index contributed by atoms with van der Waals surface area (Å²) in [6.45, 7) is 0.636. The van der Waals surface area contributed by atoms with E-state index in [0.717, 1.165) is 18.3 Å². The highest BCUT2D eigenvalue weighted by Crippen LogP contribution is 2.31. The van der Waals surface area contributed by atoms with Crippen LogP contribution in [0.15, 0.2) is 53.7 Å². The molecule has 11 nitrogen and oxygen atoms in total. The minimum atomic E-state index is -4.58. The highest BCUT2D eigenvalue weighted by molar-refractivity contribution is 6.03. The number of pyridine rings is 1. The number of halogens is 3. The number of H-pyrrole nitrogens is 1. The number of nitrogens with one attached hydrogen (secondary N) is 2. The first kappa shape index (κ1) is 24.9. The molecule has 196 valence electrons. The number of alkyl halides is 3. The molecule has 1 saturated heterocycles. The van der Waals surface area contributed by atoms with E-state index in [4.69, 9.17) is 0 Å². The molecule has 3 N–H and O–H groups in total. The Bertz CT molecular complexity index is 1580. The second-order valence-electron chi connectivity index (χ2n) is 8.72. The fourth-order valence-electron chi connectivity index (χ4n) is 4.44. The lowest BCUT2D eigenvalue weighted by atomic mass is 9.94. The first-order chi connectivity index (χ1) is 18.1. The molecule has 0 spiro atoms. The summed E-state index contributed by atoms with van der Waals surface area (Å²) in [6.07, 6.45) is -2.08. The van der Waals surface area contributed by atoms with E-state index in [-0.39, 0.29) is 29.4 Å². The van der Waals surface area contributed by atoms with E-state index in [1.165, 1.54) is 40.2 Å². The highest BCUT2D eigenvalue weighted by atomic mass is 19.4. The summed E-state index contributed by atoms with van der Waals surface area (Å²) >= 11 is 0. The predicted octanol–water partition coefficient (Wildman–Crippen LogP) is 3.63. The molecule has 14 heteroatoms. The number of nitrogens with zero attached hydrogens (tertiary/aromatic N) is 5. The van der Waals surface area contributed by atoms with Crippen LogP contribution >= 0.6 is 0 Å². The third-order valence-corrected chi connectivity index (χ3v) is 6.27. The van der Waals surface area contributed by atoms with Crippen molar-refractivity contribution in [1.29, 1.82) is 0 Å². The maximum absolute atomic E-state index is 12.9. The van der Waals surface area contributed by atoms with E-state index in [2.05, 4.69) is 25.4 Å². The predicted molar refractivity (Wildman–Crippen MR) is 128 cm³/mol. The third kappa shape index (κ3) is 4.79. The van der Waals surface area contributed by atoms with Crippen molar-refractivity contribution in [3.63, 3.8) is 0 Å². The number of amides is 2. The van der Waals surface area contributed by atoms with Crippen LogP contribution in [0.1, 0.15) is 40.4 Å². The van der Waals surface area contributed by atoms with Crippen molar-refractivity contribution in [2.24, 2.45) is 0 Å². The molecule has 1 fully saturated rings. The number of rotatable bonds is 4. The first-order valence-corrected chi connectivity index (χ1v) is 11.5. The van der Waals surface area contributed by atoms with Crippen molar-refractivity contribution in [3.8, 4) is 5.69 Å². The number of aromatic amines is 1. The van der Waals surface area contributed by atoms with Crippen LogP contribution in [0.5, 0.6) is 0 Å². The summed E-state index contributed by atoms with van der Waals surface area (Å²) in [5.74, 6) is -1.19. The van der Waals surface area contributed by atoms with E-state index < -0.39 is 29.3 Å². The quantitative estimate of drug-likeness (QED) is 0.367. The molecule has 38 heavy (non-hydrogen) atoms. The van der Waals surface area contributed by atoms with Crippen LogP contribution < -0.4 is 10.9 Å². The summed E-state index contributed by atoms with van der Waals surface area (Å²) in [6, 6.07) is 7.46. The number of carbonyl (C=O) groups is 2. The SMILES string of the molecule is O=C(Nc1cc(C(F)(F)F)ccn1)c1ccc(-n2nc(C3CCCN(C(=O)O)C3)c3nc[nH]c(=O)c32)cc1. The van der Waals surface area contributed by atoms with Crippen LogP contribution in [0.3, 0.4) is 0 Å². The Hall–Kier alpha value is -4.75. The molecule has 3 aromatic heterocycles. The number of hydrogen-bond donors (Lipinski definition) is 3. The number of piperidine rings is 1. The fraction of sp³-hybridized carbons (Fsp3) is 0.250. The molecule has 4 aromatic rings. The monoisotopic (exact) mass is 527 g/mol. The Labute approximate surface area is 211 Å². The number of carbonyl (C=O) groups excluding carboxylic acids is 1. The maximum atomic E-state index is 12.9. The van der Waals surface area contributed by atoms with Gasteiger partial charge in [0.15, 0.2) is 5.52 Å². The Balaban J connectivity index is 1.44. The molecule has 0 radical (unpaired) electrons. The molecule has 1 unspecified atom stereocenters. The summed E-state index contributed by atoms with van der Waals surface area (Å²) in [5, 5.41) is 16.3. The third-order valence-electron chi connectivity index (χ3n) is 6.27. The average Bonchev–Trinajstić information content (AvgIpc) is 3.29. The molecule has 0 aliphatic carbocycles. The summed E-state index contributed by atoms with van der Waals surface area (Å²) in [4.78, 5) is 48.7. The summed E-state index contributed by atoms with van der Waals surface area (Å²) < 4.78 is 40.2. The van der Waals surface area contributed by atoms with Crippen molar-refractivity contribution in [1.82, 2.24) is 29.6 Å². The fourth-order valence-corrected chi connectivity index (χ4v) is 4.44. The highest BCUT2D eigenvalue weighted by Gasteiger charge is 2.31. The lowest BCUT2D eigenvalue weighted by Gasteiger charge is -2.29. The molecule has 1 aliphatic heterocycles. The lowest BCUT2D eigenvalue weighted by Crippen LogP contribution is -2.38. The van der Waals surface area contributed by atoms with Crippen LogP contribution in [0.25, 0.3) is 16.7 Å². The van der Waals surface area contributed by atoms with E-state index >= 15 is 0 Å². The number of hydrogen-bond acceptors (Lipinski definition) is 6. The second kappa shape index (κ2) is 9.61. The molecule has 1 aliphatic rings. The van der Waals surface area contributed by atoms with Gasteiger partial charge in [-0.1, -0.05) is 0 Å². The molecule has 0 bridgehead atoms. The van der Waals surface area contributed by atoms with Crippen molar-refractivity contribution < 1.29 is 27.9 Å². The summed E-state index contributed by atoms with van der Waals surface area (Å²) in [7, 11) is 0. The van der Waals surface area contributed by atoms with Gasteiger partial charge >= 0.3 is 12.3 Å². The number of benzene rings is 1. The maximum Gasteiger partial charge on any atom is 0.416 e. The van der Waals surface area contributed by atoms with Gasteiger partial charge in [-0.3, -0.25) is 9.59 Å². The van der Waals surface area contributed by atoms with E-state index in [1.54, 1.807) is 0 Å². The van der Waals surface area contributed by atoms with Gasteiger partial charge in [0, 0.05) is 30.8 Å². The van der Waals surface area contributed by atoms with Crippen LogP contribution in [-0.4, -0.2) is 59.8 Å². The Kier molecular flexibility index (Phi) is 6.30. The van der Waals surface area contributed by atoms with Crippen molar-refractivity contribution in [2.45, 2.75) is 24.9 Å². The van der Waals surface area contributed by atoms with Crippen molar-refractivity contribution >= 4 is 28.9 Å². The van der Waals surface area contributed by atoms with Crippen molar-refractivity contribution in [3.05, 3.63) is 76.1 Å². The van der Waals surface area contributed by atoms with Gasteiger partial charge in [-0.25, -0.2) is 19.4 Å². The molecule has 1 aromatic carbocycles.